The van der Waals surface area contributed by atoms with Crippen molar-refractivity contribution in [3.05, 3.63) is 0 Å². The summed E-state index contributed by atoms with van der Waals surface area (Å²) in [5, 5.41) is 0. The molecule has 3 nitrogen and oxygen atoms in total. The normalized spacial score (nSPS) is 26.5. The molecule has 3 unspecified atom stereocenters. The Bertz CT molecular complexity index is 228. The van der Waals surface area contributed by atoms with Crippen LogP contribution in [-0.4, -0.2) is 18.6 Å². The Labute approximate surface area is 105 Å². The van der Waals surface area contributed by atoms with Gasteiger partial charge in [0.05, 0.1) is 6.61 Å². The van der Waals surface area contributed by atoms with Gasteiger partial charge in [0, 0.05) is 12.5 Å². The van der Waals surface area contributed by atoms with Crippen LogP contribution in [0.15, 0.2) is 0 Å². The van der Waals surface area contributed by atoms with Gasteiger partial charge in [0.1, 0.15) is 0 Å². The Kier molecular flexibility index (Phi) is 6.56. The van der Waals surface area contributed by atoms with Crippen molar-refractivity contribution in [2.45, 2.75) is 64.8 Å². The van der Waals surface area contributed by atoms with Crippen LogP contribution in [0.3, 0.4) is 0 Å². The molecular weight excluding hydrogens is 214 g/mol. The fourth-order valence-corrected chi connectivity index (χ4v) is 2.56. The van der Waals surface area contributed by atoms with E-state index in [0.29, 0.717) is 18.9 Å². The van der Waals surface area contributed by atoms with E-state index in [1.54, 1.807) is 0 Å². The molecule has 0 bridgehead atoms. The molecule has 0 spiro atoms. The molecule has 1 saturated carbocycles. The summed E-state index contributed by atoms with van der Waals surface area (Å²) in [6.45, 7) is 4.88. The van der Waals surface area contributed by atoms with Crippen LogP contribution in [0.5, 0.6) is 0 Å². The molecule has 0 radical (unpaired) electrons. The molecule has 0 aromatic rings. The van der Waals surface area contributed by atoms with Crippen LogP contribution in [0, 0.1) is 11.8 Å². The zero-order valence-corrected chi connectivity index (χ0v) is 11.3. The van der Waals surface area contributed by atoms with Crippen molar-refractivity contribution in [1.82, 2.24) is 0 Å². The second-order valence-corrected chi connectivity index (χ2v) is 5.69. The van der Waals surface area contributed by atoms with Gasteiger partial charge >= 0.3 is 5.97 Å². The molecule has 1 aliphatic rings. The van der Waals surface area contributed by atoms with E-state index in [1.807, 2.05) is 6.92 Å². The minimum atomic E-state index is -0.0520. The smallest absolute Gasteiger partial charge is 0.305 e. The molecule has 0 aromatic heterocycles. The summed E-state index contributed by atoms with van der Waals surface area (Å²) in [4.78, 5) is 11.5. The van der Waals surface area contributed by atoms with Gasteiger partial charge in [-0.15, -0.1) is 0 Å². The van der Waals surface area contributed by atoms with Gasteiger partial charge in [0.2, 0.25) is 0 Å². The molecule has 1 aliphatic carbocycles. The second-order valence-electron chi connectivity index (χ2n) is 5.69. The molecule has 3 atom stereocenters. The van der Waals surface area contributed by atoms with Crippen LogP contribution in [0.2, 0.25) is 0 Å². The maximum atomic E-state index is 11.5. The lowest BCUT2D eigenvalue weighted by Crippen LogP contribution is -2.20. The van der Waals surface area contributed by atoms with Crippen molar-refractivity contribution in [2.24, 2.45) is 17.6 Å². The van der Waals surface area contributed by atoms with Crippen molar-refractivity contribution >= 4 is 5.97 Å². The fraction of sp³-hybridized carbons (Fsp3) is 0.929. The maximum Gasteiger partial charge on any atom is 0.305 e. The summed E-state index contributed by atoms with van der Waals surface area (Å²) in [6, 6.07) is 0.182. The van der Waals surface area contributed by atoms with E-state index in [-0.39, 0.29) is 12.0 Å². The fourth-order valence-electron chi connectivity index (χ4n) is 2.56. The first kappa shape index (κ1) is 14.5. The molecule has 2 N–H and O–H groups in total. The van der Waals surface area contributed by atoms with Gasteiger partial charge in [-0.05, 0) is 44.4 Å². The van der Waals surface area contributed by atoms with Crippen molar-refractivity contribution < 1.29 is 9.53 Å². The van der Waals surface area contributed by atoms with Gasteiger partial charge in [0.25, 0.3) is 0 Å². The van der Waals surface area contributed by atoms with Crippen molar-refractivity contribution in [1.29, 1.82) is 0 Å². The lowest BCUT2D eigenvalue weighted by molar-refractivity contribution is -0.145. The van der Waals surface area contributed by atoms with Crippen LogP contribution in [-0.2, 0) is 9.53 Å². The van der Waals surface area contributed by atoms with Gasteiger partial charge in [-0.25, -0.2) is 0 Å². The quantitative estimate of drug-likeness (QED) is 0.727. The number of carbonyl (C=O) groups is 1. The highest BCUT2D eigenvalue weighted by Gasteiger charge is 2.20. The first-order chi connectivity index (χ1) is 8.08. The minimum Gasteiger partial charge on any atom is -0.465 e. The van der Waals surface area contributed by atoms with E-state index in [9.17, 15) is 4.79 Å². The number of esters is 1. The van der Waals surface area contributed by atoms with E-state index >= 15 is 0 Å². The highest BCUT2D eigenvalue weighted by molar-refractivity contribution is 5.69. The molecule has 3 heteroatoms. The van der Waals surface area contributed by atoms with Crippen molar-refractivity contribution in [2.75, 3.05) is 6.61 Å². The summed E-state index contributed by atoms with van der Waals surface area (Å²) >= 11 is 0. The first-order valence-corrected chi connectivity index (χ1v) is 6.99. The van der Waals surface area contributed by atoms with Gasteiger partial charge < -0.3 is 10.5 Å². The molecule has 1 fully saturated rings. The number of rotatable bonds is 6. The molecule has 0 aliphatic heterocycles. The Morgan fingerprint density at radius 1 is 1.47 bits per heavy atom. The molecule has 17 heavy (non-hydrogen) atoms. The number of carbonyl (C=O) groups excluding carboxylic acids is 1. The van der Waals surface area contributed by atoms with E-state index in [2.05, 4.69) is 6.92 Å². The molecule has 0 amide bonds. The summed E-state index contributed by atoms with van der Waals surface area (Å²) in [5.74, 6) is 1.34. The van der Waals surface area contributed by atoms with Crippen LogP contribution >= 0.6 is 0 Å². The number of ether oxygens (including phenoxy) is 1. The van der Waals surface area contributed by atoms with Crippen LogP contribution in [0.1, 0.15) is 58.8 Å². The third-order valence-corrected chi connectivity index (χ3v) is 3.57. The largest absolute Gasteiger partial charge is 0.465 e. The zero-order valence-electron chi connectivity index (χ0n) is 11.3. The van der Waals surface area contributed by atoms with E-state index in [1.165, 1.54) is 25.7 Å². The highest BCUT2D eigenvalue weighted by atomic mass is 16.5. The SMILES string of the molecule is CC(N)CCCC(=O)OCC1CCCC(C)C1. The highest BCUT2D eigenvalue weighted by Crippen LogP contribution is 2.28. The first-order valence-electron chi connectivity index (χ1n) is 6.99. The predicted octanol–water partition coefficient (Wildman–Crippen LogP) is 2.87. The molecule has 100 valence electrons. The summed E-state index contributed by atoms with van der Waals surface area (Å²) in [5.41, 5.74) is 5.63. The topological polar surface area (TPSA) is 52.3 Å². The van der Waals surface area contributed by atoms with Gasteiger partial charge in [-0.2, -0.15) is 0 Å². The minimum absolute atomic E-state index is 0.0520. The van der Waals surface area contributed by atoms with Crippen molar-refractivity contribution in [3.63, 3.8) is 0 Å². The van der Waals surface area contributed by atoms with Crippen molar-refractivity contribution in [3.8, 4) is 0 Å². The van der Waals surface area contributed by atoms with Gasteiger partial charge in [0.15, 0.2) is 0 Å². The standard InChI is InChI=1S/C14H27NO2/c1-11-5-3-7-13(9-11)10-17-14(16)8-4-6-12(2)15/h11-13H,3-10,15H2,1-2H3. The Balaban J connectivity index is 2.06. The number of hydrogen-bond donors (Lipinski definition) is 1. The zero-order chi connectivity index (χ0) is 12.7. The lowest BCUT2D eigenvalue weighted by Gasteiger charge is -2.26. The second kappa shape index (κ2) is 7.70. The number of nitrogens with two attached hydrogens (primary N) is 1. The lowest BCUT2D eigenvalue weighted by atomic mass is 9.83. The molecular formula is C14H27NO2. The average molecular weight is 241 g/mol. The Hall–Kier alpha value is -0.570. The van der Waals surface area contributed by atoms with Crippen LogP contribution in [0.4, 0.5) is 0 Å². The molecule has 1 rings (SSSR count). The molecule has 0 saturated heterocycles. The van der Waals surface area contributed by atoms with E-state index in [0.717, 1.165) is 18.8 Å². The Morgan fingerprint density at radius 2 is 2.24 bits per heavy atom. The number of hydrogen-bond acceptors (Lipinski definition) is 3. The van der Waals surface area contributed by atoms with Gasteiger partial charge in [-0.1, -0.05) is 19.8 Å². The van der Waals surface area contributed by atoms with Crippen LogP contribution in [0.25, 0.3) is 0 Å². The average Bonchev–Trinajstić information content (AvgIpc) is 2.26. The van der Waals surface area contributed by atoms with E-state index < -0.39 is 0 Å². The van der Waals surface area contributed by atoms with Crippen LogP contribution < -0.4 is 5.73 Å². The predicted molar refractivity (Wildman–Crippen MR) is 69.6 cm³/mol. The summed E-state index contributed by atoms with van der Waals surface area (Å²) in [7, 11) is 0. The summed E-state index contributed by atoms with van der Waals surface area (Å²) in [6.07, 6.45) is 7.31. The Morgan fingerprint density at radius 3 is 2.88 bits per heavy atom. The third-order valence-electron chi connectivity index (χ3n) is 3.57. The third kappa shape index (κ3) is 6.67. The van der Waals surface area contributed by atoms with E-state index in [4.69, 9.17) is 10.5 Å². The summed E-state index contributed by atoms with van der Waals surface area (Å²) < 4.78 is 5.33. The maximum absolute atomic E-state index is 11.5. The molecule has 0 heterocycles. The van der Waals surface area contributed by atoms with Gasteiger partial charge in [-0.3, -0.25) is 4.79 Å². The molecule has 0 aromatic carbocycles. The monoisotopic (exact) mass is 241 g/mol.